The molecule has 0 rings (SSSR count). The third-order valence-corrected chi connectivity index (χ3v) is 2.40. The highest BCUT2D eigenvalue weighted by molar-refractivity contribution is 5.95. The molecule has 0 aromatic heterocycles. The van der Waals surface area contributed by atoms with Crippen molar-refractivity contribution < 1.29 is 28.9 Å². The lowest BCUT2D eigenvalue weighted by molar-refractivity contribution is -0.168. The van der Waals surface area contributed by atoms with Gasteiger partial charge in [-0.2, -0.15) is 0 Å². The van der Waals surface area contributed by atoms with E-state index in [-0.39, 0.29) is 31.3 Å². The van der Waals surface area contributed by atoms with Gasteiger partial charge in [0.15, 0.2) is 5.92 Å². The van der Waals surface area contributed by atoms with E-state index in [4.69, 9.17) is 14.2 Å². The van der Waals surface area contributed by atoms with Crippen molar-refractivity contribution in [3.8, 4) is 0 Å². The van der Waals surface area contributed by atoms with Crippen LogP contribution in [0.25, 0.3) is 0 Å². The van der Waals surface area contributed by atoms with Gasteiger partial charge in [0.05, 0.1) is 31.0 Å². The number of aliphatic hydroxyl groups is 1. The molecule has 0 spiro atoms. The van der Waals surface area contributed by atoms with Crippen LogP contribution in [0.4, 0.5) is 0 Å². The highest BCUT2D eigenvalue weighted by Crippen LogP contribution is 2.15. The first-order valence-electron chi connectivity index (χ1n) is 7.34. The Kier molecular flexibility index (Phi) is 9.21. The lowest BCUT2D eigenvalue weighted by Gasteiger charge is -2.21. The van der Waals surface area contributed by atoms with E-state index < -0.39 is 24.0 Å². The zero-order valence-electron chi connectivity index (χ0n) is 13.8. The largest absolute Gasteiger partial charge is 0.462 e. The molecule has 0 fully saturated rings. The molecular formula is C15H28O6. The van der Waals surface area contributed by atoms with Crippen molar-refractivity contribution in [3.63, 3.8) is 0 Å². The summed E-state index contributed by atoms with van der Waals surface area (Å²) in [6.07, 6.45) is -1.73. The molecule has 1 unspecified atom stereocenters. The average Bonchev–Trinajstić information content (AvgIpc) is 2.31. The average molecular weight is 304 g/mol. The van der Waals surface area contributed by atoms with Crippen LogP contribution in [0.5, 0.6) is 0 Å². The van der Waals surface area contributed by atoms with Gasteiger partial charge in [0.25, 0.3) is 0 Å². The van der Waals surface area contributed by atoms with E-state index in [1.54, 1.807) is 27.7 Å². The van der Waals surface area contributed by atoms with E-state index in [2.05, 4.69) is 0 Å². The molecule has 6 heteroatoms. The topological polar surface area (TPSA) is 82.1 Å². The summed E-state index contributed by atoms with van der Waals surface area (Å²) >= 11 is 0. The summed E-state index contributed by atoms with van der Waals surface area (Å²) in [5.41, 5.74) is 0. The van der Waals surface area contributed by atoms with Gasteiger partial charge in [-0.25, -0.2) is 0 Å². The predicted molar refractivity (Wildman–Crippen MR) is 77.7 cm³/mol. The second-order valence-corrected chi connectivity index (χ2v) is 5.80. The van der Waals surface area contributed by atoms with Crippen LogP contribution in [0.3, 0.4) is 0 Å². The van der Waals surface area contributed by atoms with E-state index in [0.717, 1.165) is 0 Å². The third kappa shape index (κ3) is 9.42. The molecule has 0 bridgehead atoms. The van der Waals surface area contributed by atoms with Crippen molar-refractivity contribution in [1.82, 2.24) is 0 Å². The maximum atomic E-state index is 12.0. The number of carbonyl (C=O) groups is 2. The molecule has 0 heterocycles. The van der Waals surface area contributed by atoms with Gasteiger partial charge in [-0.15, -0.1) is 0 Å². The zero-order valence-corrected chi connectivity index (χ0v) is 13.8. The first-order chi connectivity index (χ1) is 9.63. The number of hydrogen-bond donors (Lipinski definition) is 1. The molecule has 0 saturated heterocycles. The number of hydrogen-bond acceptors (Lipinski definition) is 6. The molecule has 0 saturated carbocycles. The summed E-state index contributed by atoms with van der Waals surface area (Å²) in [5.74, 6) is -2.50. The minimum atomic E-state index is -1.14. The lowest BCUT2D eigenvalue weighted by atomic mass is 10.0. The van der Waals surface area contributed by atoms with Crippen molar-refractivity contribution in [1.29, 1.82) is 0 Å². The van der Waals surface area contributed by atoms with Crippen LogP contribution in [0.15, 0.2) is 0 Å². The van der Waals surface area contributed by atoms with Crippen LogP contribution in [-0.2, 0) is 23.8 Å². The molecule has 0 aromatic rings. The van der Waals surface area contributed by atoms with Gasteiger partial charge in [-0.05, 0) is 48.0 Å². The van der Waals surface area contributed by atoms with E-state index in [0.29, 0.717) is 0 Å². The summed E-state index contributed by atoms with van der Waals surface area (Å²) in [4.78, 5) is 24.0. The van der Waals surface area contributed by atoms with Crippen LogP contribution >= 0.6 is 0 Å². The van der Waals surface area contributed by atoms with Gasteiger partial charge < -0.3 is 19.3 Å². The fourth-order valence-corrected chi connectivity index (χ4v) is 1.56. The summed E-state index contributed by atoms with van der Waals surface area (Å²) in [5, 5.41) is 9.89. The fraction of sp³-hybridized carbons (Fsp3) is 0.867. The molecule has 0 radical (unpaired) electrons. The highest BCUT2D eigenvalue weighted by atomic mass is 16.6. The van der Waals surface area contributed by atoms with Crippen LogP contribution in [0, 0.1) is 5.92 Å². The minimum Gasteiger partial charge on any atom is -0.462 e. The van der Waals surface area contributed by atoms with Crippen molar-refractivity contribution in [3.05, 3.63) is 0 Å². The number of rotatable bonds is 9. The molecule has 21 heavy (non-hydrogen) atoms. The molecule has 0 amide bonds. The molecule has 0 aromatic carbocycles. The SMILES string of the molecule is CC(C)OCC(O)CC(C(=O)OC(C)C)C(=O)OC(C)C. The summed E-state index contributed by atoms with van der Waals surface area (Å²) in [6.45, 7) is 10.5. The second kappa shape index (κ2) is 9.73. The number of esters is 2. The molecule has 124 valence electrons. The van der Waals surface area contributed by atoms with E-state index in [1.165, 1.54) is 0 Å². The normalized spacial score (nSPS) is 13.1. The maximum absolute atomic E-state index is 12.0. The van der Waals surface area contributed by atoms with Gasteiger partial charge in [0.1, 0.15) is 0 Å². The second-order valence-electron chi connectivity index (χ2n) is 5.80. The Hall–Kier alpha value is -1.14. The van der Waals surface area contributed by atoms with Crippen molar-refractivity contribution in [2.75, 3.05) is 6.61 Å². The Bertz CT molecular complexity index is 302. The Morgan fingerprint density at radius 2 is 1.29 bits per heavy atom. The highest BCUT2D eigenvalue weighted by Gasteiger charge is 2.33. The summed E-state index contributed by atoms with van der Waals surface area (Å²) in [6, 6.07) is 0. The van der Waals surface area contributed by atoms with Crippen molar-refractivity contribution in [2.24, 2.45) is 5.92 Å². The van der Waals surface area contributed by atoms with E-state index in [1.807, 2.05) is 13.8 Å². The third-order valence-electron chi connectivity index (χ3n) is 2.40. The fourth-order valence-electron chi connectivity index (χ4n) is 1.56. The minimum absolute atomic E-state index is 0.0386. The van der Waals surface area contributed by atoms with Gasteiger partial charge in [-0.1, -0.05) is 0 Å². The molecule has 1 atom stereocenters. The first kappa shape index (κ1) is 19.9. The summed E-state index contributed by atoms with van der Waals surface area (Å²) < 4.78 is 15.4. The lowest BCUT2D eigenvalue weighted by Crippen LogP contribution is -2.35. The summed E-state index contributed by atoms with van der Waals surface area (Å²) in [7, 11) is 0. The standard InChI is InChI=1S/C15H28O6/c1-9(2)19-8-12(16)7-13(14(17)20-10(3)4)15(18)21-11(5)6/h9-13,16H,7-8H2,1-6H3. The smallest absolute Gasteiger partial charge is 0.320 e. The molecule has 0 aliphatic rings. The Balaban J connectivity index is 4.71. The van der Waals surface area contributed by atoms with Gasteiger partial charge >= 0.3 is 11.9 Å². The Morgan fingerprint density at radius 1 is 0.857 bits per heavy atom. The monoisotopic (exact) mass is 304 g/mol. The molecule has 6 nitrogen and oxygen atoms in total. The number of carbonyl (C=O) groups excluding carboxylic acids is 2. The van der Waals surface area contributed by atoms with Crippen LogP contribution in [0.2, 0.25) is 0 Å². The maximum Gasteiger partial charge on any atom is 0.320 e. The quantitative estimate of drug-likeness (QED) is 0.515. The molecule has 0 aliphatic carbocycles. The Morgan fingerprint density at radius 3 is 1.62 bits per heavy atom. The zero-order chi connectivity index (χ0) is 16.6. The van der Waals surface area contributed by atoms with Crippen LogP contribution in [-0.4, -0.2) is 48.1 Å². The van der Waals surface area contributed by atoms with Crippen LogP contribution < -0.4 is 0 Å². The van der Waals surface area contributed by atoms with Gasteiger partial charge in [-0.3, -0.25) is 9.59 Å². The number of aliphatic hydroxyl groups excluding tert-OH is 1. The number of ether oxygens (including phenoxy) is 3. The van der Waals surface area contributed by atoms with Crippen molar-refractivity contribution >= 4 is 11.9 Å². The Labute approximate surface area is 126 Å². The molecule has 0 aliphatic heterocycles. The van der Waals surface area contributed by atoms with Crippen molar-refractivity contribution in [2.45, 2.75) is 72.4 Å². The van der Waals surface area contributed by atoms with Crippen LogP contribution in [0.1, 0.15) is 48.0 Å². The van der Waals surface area contributed by atoms with Gasteiger partial charge in [0.2, 0.25) is 0 Å². The van der Waals surface area contributed by atoms with Gasteiger partial charge in [0, 0.05) is 0 Å². The van der Waals surface area contributed by atoms with E-state index in [9.17, 15) is 14.7 Å². The molecular weight excluding hydrogens is 276 g/mol. The first-order valence-corrected chi connectivity index (χ1v) is 7.34. The van der Waals surface area contributed by atoms with E-state index >= 15 is 0 Å². The molecule has 1 N–H and O–H groups in total. The predicted octanol–water partition coefficient (Wildman–Crippen LogP) is 1.68.